The van der Waals surface area contributed by atoms with E-state index < -0.39 is 0 Å². The Labute approximate surface area is 150 Å². The summed E-state index contributed by atoms with van der Waals surface area (Å²) in [4.78, 5) is 16.7. The largest absolute Gasteiger partial charge is 0.367 e. The number of para-hydroxylation sites is 2. The van der Waals surface area contributed by atoms with Crippen molar-refractivity contribution in [2.24, 2.45) is 0 Å². The molecule has 0 N–H and O–H groups in total. The van der Waals surface area contributed by atoms with E-state index in [2.05, 4.69) is 15.2 Å². The molecule has 2 heterocycles. The number of hydrogen-bond acceptors (Lipinski definition) is 4. The maximum atomic E-state index is 12.6. The highest BCUT2D eigenvalue weighted by atomic mass is 35.5. The number of anilines is 1. The van der Waals surface area contributed by atoms with Crippen molar-refractivity contribution in [3.05, 3.63) is 53.6 Å². The van der Waals surface area contributed by atoms with E-state index in [9.17, 15) is 4.79 Å². The summed E-state index contributed by atoms with van der Waals surface area (Å²) >= 11 is 6.27. The fraction of sp³-hybridized carbons (Fsp3) is 0.278. The van der Waals surface area contributed by atoms with Crippen LogP contribution in [0.25, 0.3) is 11.0 Å². The summed E-state index contributed by atoms with van der Waals surface area (Å²) < 4.78 is 1.66. The summed E-state index contributed by atoms with van der Waals surface area (Å²) in [5.41, 5.74) is 2.71. The number of halogens is 1. The Kier molecular flexibility index (Phi) is 4.28. The quantitative estimate of drug-likeness (QED) is 0.724. The zero-order valence-electron chi connectivity index (χ0n) is 13.7. The average Bonchev–Trinajstić information content (AvgIpc) is 3.05. The molecule has 4 rings (SSSR count). The van der Waals surface area contributed by atoms with Crippen molar-refractivity contribution in [1.29, 1.82) is 0 Å². The highest BCUT2D eigenvalue weighted by molar-refractivity contribution is 6.33. The number of hydrogen-bond donors (Lipinski definition) is 0. The molecule has 3 aromatic rings. The van der Waals surface area contributed by atoms with Crippen LogP contribution in [0.4, 0.5) is 5.69 Å². The van der Waals surface area contributed by atoms with E-state index in [1.54, 1.807) is 4.68 Å². The molecule has 7 heteroatoms. The molecule has 0 bridgehead atoms. The van der Waals surface area contributed by atoms with Gasteiger partial charge in [-0.3, -0.25) is 4.79 Å². The standard InChI is InChI=1S/C18H18ClN5O/c19-14-5-1-3-7-16(14)22-9-11-23(12-10-22)18(25)13-24-17-8-4-2-6-15(17)20-21-24/h1-8H,9-13H2. The van der Waals surface area contributed by atoms with Crippen molar-refractivity contribution in [3.63, 3.8) is 0 Å². The lowest BCUT2D eigenvalue weighted by molar-refractivity contribution is -0.132. The van der Waals surface area contributed by atoms with Crippen molar-refractivity contribution in [1.82, 2.24) is 19.9 Å². The van der Waals surface area contributed by atoms with Crippen LogP contribution in [-0.2, 0) is 11.3 Å². The molecule has 0 radical (unpaired) electrons. The fourth-order valence-corrected chi connectivity index (χ4v) is 3.42. The molecule has 0 aliphatic carbocycles. The Morgan fingerprint density at radius 3 is 2.52 bits per heavy atom. The molecule has 1 fully saturated rings. The average molecular weight is 356 g/mol. The van der Waals surface area contributed by atoms with Gasteiger partial charge >= 0.3 is 0 Å². The number of nitrogens with zero attached hydrogens (tertiary/aromatic N) is 5. The number of carbonyl (C=O) groups is 1. The first-order chi connectivity index (χ1) is 12.2. The molecular formula is C18H18ClN5O. The van der Waals surface area contributed by atoms with Crippen LogP contribution in [0, 0.1) is 0 Å². The van der Waals surface area contributed by atoms with E-state index in [4.69, 9.17) is 11.6 Å². The number of amides is 1. The minimum absolute atomic E-state index is 0.0643. The first-order valence-electron chi connectivity index (χ1n) is 8.28. The summed E-state index contributed by atoms with van der Waals surface area (Å²) in [6.45, 7) is 3.11. The van der Waals surface area contributed by atoms with Crippen molar-refractivity contribution < 1.29 is 4.79 Å². The van der Waals surface area contributed by atoms with E-state index in [0.717, 1.165) is 34.8 Å². The van der Waals surface area contributed by atoms with Crippen LogP contribution in [0.15, 0.2) is 48.5 Å². The van der Waals surface area contributed by atoms with Gasteiger partial charge in [0.1, 0.15) is 12.1 Å². The SMILES string of the molecule is O=C(Cn1nnc2ccccc21)N1CCN(c2ccccc2Cl)CC1. The van der Waals surface area contributed by atoms with Gasteiger partial charge in [0.05, 0.1) is 16.2 Å². The van der Waals surface area contributed by atoms with E-state index >= 15 is 0 Å². The summed E-state index contributed by atoms with van der Waals surface area (Å²) in [5.74, 6) is 0.0643. The monoisotopic (exact) mass is 355 g/mol. The zero-order chi connectivity index (χ0) is 17.2. The van der Waals surface area contributed by atoms with Crippen LogP contribution in [-0.4, -0.2) is 52.0 Å². The highest BCUT2D eigenvalue weighted by Crippen LogP contribution is 2.26. The van der Waals surface area contributed by atoms with Gasteiger partial charge in [0.15, 0.2) is 0 Å². The number of fused-ring (bicyclic) bond motifs is 1. The van der Waals surface area contributed by atoms with Gasteiger partial charge in [-0.2, -0.15) is 0 Å². The predicted octanol–water partition coefficient (Wildman–Crippen LogP) is 2.43. The molecule has 0 spiro atoms. The molecular weight excluding hydrogens is 338 g/mol. The molecule has 1 aromatic heterocycles. The second kappa shape index (κ2) is 6.72. The number of piperazine rings is 1. The van der Waals surface area contributed by atoms with Crippen molar-refractivity contribution in [3.8, 4) is 0 Å². The summed E-state index contributed by atoms with van der Waals surface area (Å²) in [5, 5.41) is 8.94. The van der Waals surface area contributed by atoms with Gasteiger partial charge in [0, 0.05) is 26.2 Å². The number of carbonyl (C=O) groups excluding carboxylic acids is 1. The maximum absolute atomic E-state index is 12.6. The maximum Gasteiger partial charge on any atom is 0.244 e. The van der Waals surface area contributed by atoms with Crippen molar-refractivity contribution in [2.75, 3.05) is 31.1 Å². The predicted molar refractivity (Wildman–Crippen MR) is 97.8 cm³/mol. The number of benzene rings is 2. The van der Waals surface area contributed by atoms with Gasteiger partial charge in [-0.1, -0.05) is 41.1 Å². The van der Waals surface area contributed by atoms with E-state index in [1.807, 2.05) is 53.4 Å². The van der Waals surface area contributed by atoms with E-state index in [-0.39, 0.29) is 12.5 Å². The third-order valence-corrected chi connectivity index (χ3v) is 4.85. The van der Waals surface area contributed by atoms with Crippen LogP contribution < -0.4 is 4.90 Å². The molecule has 0 unspecified atom stereocenters. The van der Waals surface area contributed by atoms with Gasteiger partial charge in [0.25, 0.3) is 0 Å². The topological polar surface area (TPSA) is 54.3 Å². The first-order valence-corrected chi connectivity index (χ1v) is 8.65. The van der Waals surface area contributed by atoms with Crippen LogP contribution in [0.3, 0.4) is 0 Å². The zero-order valence-corrected chi connectivity index (χ0v) is 14.4. The Morgan fingerprint density at radius 1 is 1.00 bits per heavy atom. The minimum atomic E-state index is 0.0643. The third kappa shape index (κ3) is 3.17. The Morgan fingerprint density at radius 2 is 1.72 bits per heavy atom. The summed E-state index contributed by atoms with van der Waals surface area (Å²) in [6.07, 6.45) is 0. The molecule has 1 saturated heterocycles. The summed E-state index contributed by atoms with van der Waals surface area (Å²) in [7, 11) is 0. The second-order valence-corrected chi connectivity index (χ2v) is 6.46. The van der Waals surface area contributed by atoms with E-state index in [1.165, 1.54) is 0 Å². The molecule has 1 amide bonds. The second-order valence-electron chi connectivity index (χ2n) is 6.06. The van der Waals surface area contributed by atoms with Gasteiger partial charge in [-0.05, 0) is 24.3 Å². The van der Waals surface area contributed by atoms with Gasteiger partial charge in [0.2, 0.25) is 5.91 Å². The Bertz CT molecular complexity index is 901. The lowest BCUT2D eigenvalue weighted by Gasteiger charge is -2.36. The van der Waals surface area contributed by atoms with Crippen molar-refractivity contribution >= 4 is 34.2 Å². The molecule has 128 valence electrons. The van der Waals surface area contributed by atoms with Crippen LogP contribution in [0.5, 0.6) is 0 Å². The van der Waals surface area contributed by atoms with Crippen LogP contribution in [0.1, 0.15) is 0 Å². The van der Waals surface area contributed by atoms with Gasteiger partial charge in [-0.15, -0.1) is 5.10 Å². The molecule has 1 aliphatic rings. The molecule has 0 saturated carbocycles. The summed E-state index contributed by atoms with van der Waals surface area (Å²) in [6, 6.07) is 15.5. The lowest BCUT2D eigenvalue weighted by Crippen LogP contribution is -2.49. The number of aromatic nitrogens is 3. The smallest absolute Gasteiger partial charge is 0.244 e. The molecule has 25 heavy (non-hydrogen) atoms. The molecule has 6 nitrogen and oxygen atoms in total. The normalized spacial score (nSPS) is 14.9. The Balaban J connectivity index is 1.41. The molecule has 0 atom stereocenters. The fourth-order valence-electron chi connectivity index (χ4n) is 3.17. The highest BCUT2D eigenvalue weighted by Gasteiger charge is 2.23. The Hall–Kier alpha value is -2.60. The van der Waals surface area contributed by atoms with Crippen LogP contribution >= 0.6 is 11.6 Å². The van der Waals surface area contributed by atoms with Gasteiger partial charge < -0.3 is 9.80 Å². The third-order valence-electron chi connectivity index (χ3n) is 4.53. The van der Waals surface area contributed by atoms with Gasteiger partial charge in [-0.25, -0.2) is 4.68 Å². The lowest BCUT2D eigenvalue weighted by atomic mass is 10.2. The first kappa shape index (κ1) is 15.9. The van der Waals surface area contributed by atoms with E-state index in [0.29, 0.717) is 13.1 Å². The van der Waals surface area contributed by atoms with Crippen LogP contribution in [0.2, 0.25) is 5.02 Å². The minimum Gasteiger partial charge on any atom is -0.367 e. The molecule has 1 aliphatic heterocycles. The molecule has 2 aromatic carbocycles. The number of rotatable bonds is 3. The van der Waals surface area contributed by atoms with Crippen molar-refractivity contribution in [2.45, 2.75) is 6.54 Å².